The molecule has 0 spiro atoms. The van der Waals surface area contributed by atoms with Crippen molar-refractivity contribution < 1.29 is 5.11 Å². The highest BCUT2D eigenvalue weighted by Gasteiger charge is 2.34. The van der Waals surface area contributed by atoms with Crippen molar-refractivity contribution in [1.29, 1.82) is 0 Å². The van der Waals surface area contributed by atoms with Crippen LogP contribution in [0.4, 0.5) is 0 Å². The van der Waals surface area contributed by atoms with Gasteiger partial charge in [-0.2, -0.15) is 0 Å². The Balaban J connectivity index is 1.76. The van der Waals surface area contributed by atoms with E-state index in [9.17, 15) is 5.11 Å². The minimum absolute atomic E-state index is 0.220. The molecule has 4 heteroatoms. The van der Waals surface area contributed by atoms with Crippen molar-refractivity contribution in [2.24, 2.45) is 5.92 Å². The maximum atomic E-state index is 9.37. The van der Waals surface area contributed by atoms with E-state index in [0.29, 0.717) is 17.0 Å². The van der Waals surface area contributed by atoms with E-state index in [4.69, 9.17) is 11.6 Å². The Kier molecular flexibility index (Phi) is 5.08. The lowest BCUT2D eigenvalue weighted by Gasteiger charge is -2.18. The molecular formula is C18H21ClN2O. The van der Waals surface area contributed by atoms with E-state index >= 15 is 0 Å². The molecule has 0 radical (unpaired) electrons. The molecule has 116 valence electrons. The molecule has 0 aliphatic carbocycles. The van der Waals surface area contributed by atoms with Gasteiger partial charge in [0.2, 0.25) is 0 Å². The number of halogens is 1. The highest BCUT2D eigenvalue weighted by molar-refractivity contribution is 6.30. The van der Waals surface area contributed by atoms with Gasteiger partial charge in [-0.15, -0.1) is 0 Å². The predicted molar refractivity (Wildman–Crippen MR) is 88.9 cm³/mol. The Hall–Kier alpha value is -1.42. The lowest BCUT2D eigenvalue weighted by atomic mass is 9.88. The predicted octanol–water partition coefficient (Wildman–Crippen LogP) is 3.33. The van der Waals surface area contributed by atoms with E-state index in [1.165, 1.54) is 5.56 Å². The Labute approximate surface area is 136 Å². The molecule has 1 fully saturated rings. The Bertz CT molecular complexity index is 605. The number of rotatable bonds is 5. The molecule has 3 rings (SSSR count). The first-order valence-electron chi connectivity index (χ1n) is 7.75. The van der Waals surface area contributed by atoms with E-state index < -0.39 is 0 Å². The Morgan fingerprint density at radius 3 is 2.68 bits per heavy atom. The second-order valence-electron chi connectivity index (χ2n) is 5.94. The number of likely N-dealkylation sites (tertiary alicyclic amines) is 1. The second-order valence-corrected chi connectivity index (χ2v) is 6.30. The SMILES string of the molecule is OCC[C@@H]1CN(Cc2ccccc2)C[C@@H]1c1cccnc1Cl. The molecule has 1 aliphatic heterocycles. The average Bonchev–Trinajstić information content (AvgIpc) is 2.91. The lowest BCUT2D eigenvalue weighted by Crippen LogP contribution is -2.20. The van der Waals surface area contributed by atoms with Crippen molar-refractivity contribution in [3.05, 3.63) is 64.9 Å². The van der Waals surface area contributed by atoms with E-state index in [1.54, 1.807) is 6.20 Å². The van der Waals surface area contributed by atoms with Gasteiger partial charge in [-0.3, -0.25) is 4.90 Å². The highest BCUT2D eigenvalue weighted by Crippen LogP contribution is 2.37. The number of pyridine rings is 1. The first-order valence-corrected chi connectivity index (χ1v) is 8.13. The maximum absolute atomic E-state index is 9.37. The van der Waals surface area contributed by atoms with Gasteiger partial charge in [-0.05, 0) is 29.5 Å². The van der Waals surface area contributed by atoms with E-state index in [1.807, 2.05) is 12.1 Å². The van der Waals surface area contributed by atoms with Crippen LogP contribution < -0.4 is 0 Å². The molecule has 1 aromatic heterocycles. The Morgan fingerprint density at radius 1 is 1.14 bits per heavy atom. The van der Waals surface area contributed by atoms with Crippen LogP contribution in [0, 0.1) is 5.92 Å². The number of nitrogens with zero attached hydrogens (tertiary/aromatic N) is 2. The molecule has 1 aromatic carbocycles. The zero-order chi connectivity index (χ0) is 15.4. The van der Waals surface area contributed by atoms with Crippen LogP contribution in [0.3, 0.4) is 0 Å². The Morgan fingerprint density at radius 2 is 1.95 bits per heavy atom. The zero-order valence-electron chi connectivity index (χ0n) is 12.5. The largest absolute Gasteiger partial charge is 0.396 e. The molecule has 0 bridgehead atoms. The molecule has 0 amide bonds. The lowest BCUT2D eigenvalue weighted by molar-refractivity contribution is 0.246. The zero-order valence-corrected chi connectivity index (χ0v) is 13.3. The third kappa shape index (κ3) is 3.49. The molecule has 1 aliphatic rings. The van der Waals surface area contributed by atoms with E-state index in [0.717, 1.165) is 31.6 Å². The van der Waals surface area contributed by atoms with Crippen LogP contribution in [0.15, 0.2) is 48.7 Å². The van der Waals surface area contributed by atoms with Gasteiger partial charge in [0.15, 0.2) is 0 Å². The van der Waals surface area contributed by atoms with Crippen molar-refractivity contribution >= 4 is 11.6 Å². The number of benzene rings is 1. The van der Waals surface area contributed by atoms with Crippen molar-refractivity contribution in [1.82, 2.24) is 9.88 Å². The van der Waals surface area contributed by atoms with Crippen LogP contribution in [0.2, 0.25) is 5.15 Å². The minimum atomic E-state index is 0.220. The fraction of sp³-hybridized carbons (Fsp3) is 0.389. The van der Waals surface area contributed by atoms with Gasteiger partial charge in [0.1, 0.15) is 5.15 Å². The van der Waals surface area contributed by atoms with E-state index in [-0.39, 0.29) is 6.61 Å². The fourth-order valence-corrected chi connectivity index (χ4v) is 3.68. The second kappa shape index (κ2) is 7.23. The van der Waals surface area contributed by atoms with Crippen molar-refractivity contribution in [2.45, 2.75) is 18.9 Å². The van der Waals surface area contributed by atoms with E-state index in [2.05, 4.69) is 40.2 Å². The summed E-state index contributed by atoms with van der Waals surface area (Å²) in [5, 5.41) is 9.96. The topological polar surface area (TPSA) is 36.4 Å². The molecule has 0 saturated carbocycles. The summed E-state index contributed by atoms with van der Waals surface area (Å²) in [4.78, 5) is 6.66. The highest BCUT2D eigenvalue weighted by atomic mass is 35.5. The molecule has 1 saturated heterocycles. The number of hydrogen-bond acceptors (Lipinski definition) is 3. The van der Waals surface area contributed by atoms with Gasteiger partial charge in [0.25, 0.3) is 0 Å². The first-order chi connectivity index (χ1) is 10.8. The summed E-state index contributed by atoms with van der Waals surface area (Å²) in [6.45, 7) is 3.12. The summed E-state index contributed by atoms with van der Waals surface area (Å²) in [5.74, 6) is 0.771. The molecule has 22 heavy (non-hydrogen) atoms. The number of aromatic nitrogens is 1. The molecule has 2 atom stereocenters. The number of aliphatic hydroxyl groups excluding tert-OH is 1. The summed E-state index contributed by atoms with van der Waals surface area (Å²) in [6.07, 6.45) is 2.53. The van der Waals surface area contributed by atoms with Crippen LogP contribution in [-0.2, 0) is 6.54 Å². The smallest absolute Gasteiger partial charge is 0.132 e. The van der Waals surface area contributed by atoms with Crippen molar-refractivity contribution in [2.75, 3.05) is 19.7 Å². The third-order valence-corrected chi connectivity index (χ3v) is 4.77. The molecular weight excluding hydrogens is 296 g/mol. The van der Waals surface area contributed by atoms with Gasteiger partial charge < -0.3 is 5.11 Å². The average molecular weight is 317 g/mol. The standard InChI is InChI=1S/C18H21ClN2O/c19-18-16(7-4-9-20-18)17-13-21(12-15(17)8-10-22)11-14-5-2-1-3-6-14/h1-7,9,15,17,22H,8,10-13H2/t15-,17+/m1/s1. The van der Waals surface area contributed by atoms with Gasteiger partial charge >= 0.3 is 0 Å². The summed E-state index contributed by atoms with van der Waals surface area (Å²) in [5.41, 5.74) is 2.43. The minimum Gasteiger partial charge on any atom is -0.396 e. The van der Waals surface area contributed by atoms with Gasteiger partial charge in [-0.25, -0.2) is 4.98 Å². The summed E-state index contributed by atoms with van der Waals surface area (Å²) >= 11 is 6.29. The van der Waals surface area contributed by atoms with Crippen LogP contribution in [0.5, 0.6) is 0 Å². The van der Waals surface area contributed by atoms with Gasteiger partial charge in [0, 0.05) is 38.4 Å². The molecule has 3 nitrogen and oxygen atoms in total. The third-order valence-electron chi connectivity index (χ3n) is 4.45. The van der Waals surface area contributed by atoms with Crippen molar-refractivity contribution in [3.63, 3.8) is 0 Å². The van der Waals surface area contributed by atoms with Crippen LogP contribution in [0.1, 0.15) is 23.5 Å². The summed E-state index contributed by atoms with van der Waals surface area (Å²) in [7, 11) is 0. The van der Waals surface area contributed by atoms with Crippen LogP contribution >= 0.6 is 11.6 Å². The van der Waals surface area contributed by atoms with Crippen molar-refractivity contribution in [3.8, 4) is 0 Å². The van der Waals surface area contributed by atoms with Gasteiger partial charge in [0.05, 0.1) is 0 Å². The molecule has 0 unspecified atom stereocenters. The monoisotopic (exact) mass is 316 g/mol. The maximum Gasteiger partial charge on any atom is 0.132 e. The summed E-state index contributed by atoms with van der Waals surface area (Å²) in [6, 6.07) is 14.5. The first kappa shape index (κ1) is 15.5. The quantitative estimate of drug-likeness (QED) is 0.860. The van der Waals surface area contributed by atoms with Gasteiger partial charge in [-0.1, -0.05) is 48.0 Å². The number of aliphatic hydroxyl groups is 1. The van der Waals surface area contributed by atoms with Crippen LogP contribution in [0.25, 0.3) is 0 Å². The molecule has 1 N–H and O–H groups in total. The van der Waals surface area contributed by atoms with Crippen LogP contribution in [-0.4, -0.2) is 34.7 Å². The fourth-order valence-electron chi connectivity index (χ4n) is 3.42. The summed E-state index contributed by atoms with van der Waals surface area (Å²) < 4.78 is 0. The molecule has 2 heterocycles. The number of hydrogen-bond donors (Lipinski definition) is 1. The molecule has 2 aromatic rings. The normalized spacial score (nSPS) is 22.1.